The first-order valence-electron chi connectivity index (χ1n) is 10.5. The van der Waals surface area contributed by atoms with Gasteiger partial charge in [0.2, 0.25) is 0 Å². The Hall–Kier alpha value is -3.61. The first kappa shape index (κ1) is 20.7. The van der Waals surface area contributed by atoms with E-state index in [9.17, 15) is 9.59 Å². The Bertz CT molecular complexity index is 1070. The molecule has 0 N–H and O–H groups in total. The molecule has 1 aromatic heterocycles. The van der Waals surface area contributed by atoms with E-state index in [1.54, 1.807) is 35.2 Å². The van der Waals surface area contributed by atoms with Gasteiger partial charge in [0.15, 0.2) is 0 Å². The molecule has 0 saturated carbocycles. The molecule has 0 spiro atoms. The Morgan fingerprint density at radius 3 is 2.26 bits per heavy atom. The minimum Gasteiger partial charge on any atom is -0.497 e. The monoisotopic (exact) mass is 418 g/mol. The average molecular weight is 418 g/mol. The Kier molecular flexibility index (Phi) is 6.02. The second-order valence-electron chi connectivity index (χ2n) is 7.42. The van der Waals surface area contributed by atoms with Gasteiger partial charge in [-0.2, -0.15) is 5.10 Å². The summed E-state index contributed by atoms with van der Waals surface area (Å²) in [4.78, 5) is 29.6. The zero-order valence-corrected chi connectivity index (χ0v) is 17.8. The van der Waals surface area contributed by atoms with Gasteiger partial charge in [0.05, 0.1) is 30.3 Å². The molecule has 0 bridgehead atoms. The molecule has 2 aromatic carbocycles. The summed E-state index contributed by atoms with van der Waals surface area (Å²) in [5, 5.41) is 4.47. The Labute approximate surface area is 181 Å². The fraction of sp³-hybridized carbons (Fsp3) is 0.292. The maximum atomic E-state index is 13.2. The number of piperazine rings is 1. The van der Waals surface area contributed by atoms with Gasteiger partial charge < -0.3 is 14.5 Å². The van der Waals surface area contributed by atoms with Crippen LogP contribution >= 0.6 is 0 Å². The largest absolute Gasteiger partial charge is 0.497 e. The molecule has 7 nitrogen and oxygen atoms in total. The van der Waals surface area contributed by atoms with Crippen molar-refractivity contribution in [3.05, 3.63) is 77.6 Å². The lowest BCUT2D eigenvalue weighted by molar-refractivity contribution is 0.0534. The number of rotatable bonds is 5. The molecule has 0 radical (unpaired) electrons. The van der Waals surface area contributed by atoms with Gasteiger partial charge in [-0.1, -0.05) is 31.2 Å². The molecule has 7 heteroatoms. The molecule has 31 heavy (non-hydrogen) atoms. The highest BCUT2D eigenvalue weighted by atomic mass is 16.5. The van der Waals surface area contributed by atoms with E-state index in [1.165, 1.54) is 0 Å². The molecule has 1 fully saturated rings. The number of amides is 2. The minimum atomic E-state index is -0.0443. The van der Waals surface area contributed by atoms with E-state index in [1.807, 2.05) is 54.1 Å². The van der Waals surface area contributed by atoms with E-state index >= 15 is 0 Å². The minimum absolute atomic E-state index is 0.0347. The van der Waals surface area contributed by atoms with Crippen LogP contribution in [0.25, 0.3) is 5.69 Å². The fourth-order valence-corrected chi connectivity index (χ4v) is 3.91. The number of carbonyl (C=O) groups excluding carboxylic acids is 2. The molecule has 0 unspecified atom stereocenters. The van der Waals surface area contributed by atoms with Gasteiger partial charge in [-0.3, -0.25) is 9.59 Å². The summed E-state index contributed by atoms with van der Waals surface area (Å²) < 4.78 is 7.04. The van der Waals surface area contributed by atoms with Gasteiger partial charge in [-0.15, -0.1) is 0 Å². The fourth-order valence-electron chi connectivity index (χ4n) is 3.91. The quantitative estimate of drug-likeness (QED) is 0.639. The number of nitrogens with zero attached hydrogens (tertiary/aromatic N) is 4. The smallest absolute Gasteiger partial charge is 0.257 e. The van der Waals surface area contributed by atoms with Gasteiger partial charge >= 0.3 is 0 Å². The number of methoxy groups -OCH3 is 1. The van der Waals surface area contributed by atoms with Crippen LogP contribution in [-0.4, -0.2) is 64.7 Å². The van der Waals surface area contributed by atoms with Crippen molar-refractivity contribution >= 4 is 11.8 Å². The van der Waals surface area contributed by atoms with E-state index in [2.05, 4.69) is 5.10 Å². The van der Waals surface area contributed by atoms with Gasteiger partial charge in [0.1, 0.15) is 5.75 Å². The highest BCUT2D eigenvalue weighted by molar-refractivity contribution is 5.96. The lowest BCUT2D eigenvalue weighted by Crippen LogP contribution is -2.50. The van der Waals surface area contributed by atoms with Crippen molar-refractivity contribution in [3.63, 3.8) is 0 Å². The molecular formula is C24H26N4O3. The lowest BCUT2D eigenvalue weighted by atomic mass is 10.1. The summed E-state index contributed by atoms with van der Waals surface area (Å²) in [6.07, 6.45) is 2.35. The highest BCUT2D eigenvalue weighted by Gasteiger charge is 2.28. The van der Waals surface area contributed by atoms with Crippen molar-refractivity contribution in [1.29, 1.82) is 0 Å². The maximum absolute atomic E-state index is 13.2. The molecule has 160 valence electrons. The topological polar surface area (TPSA) is 67.7 Å². The van der Waals surface area contributed by atoms with Gasteiger partial charge in [-0.25, -0.2) is 4.68 Å². The summed E-state index contributed by atoms with van der Waals surface area (Å²) in [7, 11) is 1.58. The number of carbonyl (C=O) groups is 2. The van der Waals surface area contributed by atoms with Crippen LogP contribution in [0.4, 0.5) is 0 Å². The average Bonchev–Trinajstić information content (AvgIpc) is 3.28. The Morgan fingerprint density at radius 1 is 0.935 bits per heavy atom. The van der Waals surface area contributed by atoms with Crippen LogP contribution in [0.5, 0.6) is 5.75 Å². The van der Waals surface area contributed by atoms with E-state index < -0.39 is 0 Å². The summed E-state index contributed by atoms with van der Waals surface area (Å²) in [5.41, 5.74) is 3.05. The zero-order valence-electron chi connectivity index (χ0n) is 17.8. The molecule has 1 aliphatic heterocycles. The van der Waals surface area contributed by atoms with Crippen molar-refractivity contribution in [2.75, 3.05) is 33.3 Å². The zero-order chi connectivity index (χ0) is 21.8. The number of ether oxygens (including phenoxy) is 1. The molecule has 0 atom stereocenters. The van der Waals surface area contributed by atoms with Crippen molar-refractivity contribution < 1.29 is 14.3 Å². The van der Waals surface area contributed by atoms with Crippen molar-refractivity contribution in [2.24, 2.45) is 0 Å². The normalized spacial score (nSPS) is 13.9. The molecular weight excluding hydrogens is 392 g/mol. The Morgan fingerprint density at radius 2 is 1.61 bits per heavy atom. The van der Waals surface area contributed by atoms with Crippen molar-refractivity contribution in [2.45, 2.75) is 13.3 Å². The molecule has 4 rings (SSSR count). The SMILES string of the molecule is CCc1c(C(=O)N2CCN(C(=O)c3cccc(OC)c3)CC2)cnn1-c1ccccc1. The van der Waals surface area contributed by atoms with Crippen LogP contribution in [0.3, 0.4) is 0 Å². The highest BCUT2D eigenvalue weighted by Crippen LogP contribution is 2.20. The standard InChI is InChI=1S/C24H26N4O3/c1-3-22-21(17-25-28(22)19-9-5-4-6-10-19)24(30)27-14-12-26(13-15-27)23(29)18-8-7-11-20(16-18)31-2/h4-11,16-17H,3,12-15H2,1-2H3. The molecule has 2 heterocycles. The first-order chi connectivity index (χ1) is 15.1. The van der Waals surface area contributed by atoms with E-state index in [0.717, 1.165) is 11.4 Å². The summed E-state index contributed by atoms with van der Waals surface area (Å²) in [6.45, 7) is 4.01. The van der Waals surface area contributed by atoms with Gasteiger partial charge in [-0.05, 0) is 36.8 Å². The first-order valence-corrected chi connectivity index (χ1v) is 10.5. The second kappa shape index (κ2) is 9.04. The van der Waals surface area contributed by atoms with Crippen LogP contribution in [0, 0.1) is 0 Å². The molecule has 2 amide bonds. The Balaban J connectivity index is 1.45. The third kappa shape index (κ3) is 4.17. The molecule has 1 saturated heterocycles. The van der Waals surface area contributed by atoms with Gasteiger partial charge in [0.25, 0.3) is 11.8 Å². The van der Waals surface area contributed by atoms with Crippen LogP contribution in [0.1, 0.15) is 33.3 Å². The number of aromatic nitrogens is 2. The van der Waals surface area contributed by atoms with E-state index in [0.29, 0.717) is 49.5 Å². The third-order valence-corrected chi connectivity index (χ3v) is 5.61. The molecule has 3 aromatic rings. The van der Waals surface area contributed by atoms with Crippen molar-refractivity contribution in [1.82, 2.24) is 19.6 Å². The number of hydrogen-bond donors (Lipinski definition) is 0. The van der Waals surface area contributed by atoms with Crippen LogP contribution in [-0.2, 0) is 6.42 Å². The maximum Gasteiger partial charge on any atom is 0.257 e. The van der Waals surface area contributed by atoms with Crippen LogP contribution < -0.4 is 4.74 Å². The summed E-state index contributed by atoms with van der Waals surface area (Å²) in [6, 6.07) is 17.0. The number of benzene rings is 2. The van der Waals surface area contributed by atoms with E-state index in [-0.39, 0.29) is 11.8 Å². The number of hydrogen-bond acceptors (Lipinski definition) is 4. The van der Waals surface area contributed by atoms with Crippen LogP contribution in [0.15, 0.2) is 60.8 Å². The van der Waals surface area contributed by atoms with Crippen molar-refractivity contribution in [3.8, 4) is 11.4 Å². The third-order valence-electron chi connectivity index (χ3n) is 5.61. The summed E-state index contributed by atoms with van der Waals surface area (Å²) >= 11 is 0. The molecule has 0 aliphatic carbocycles. The predicted octanol–water partition coefficient (Wildman–Crippen LogP) is 3.04. The second-order valence-corrected chi connectivity index (χ2v) is 7.42. The van der Waals surface area contributed by atoms with Crippen LogP contribution in [0.2, 0.25) is 0 Å². The summed E-state index contributed by atoms with van der Waals surface area (Å²) in [5.74, 6) is 0.576. The van der Waals surface area contributed by atoms with E-state index in [4.69, 9.17) is 4.74 Å². The molecule has 1 aliphatic rings. The predicted molar refractivity (Wildman–Crippen MR) is 118 cm³/mol. The number of para-hydroxylation sites is 1. The lowest BCUT2D eigenvalue weighted by Gasteiger charge is -2.34. The van der Waals surface area contributed by atoms with Gasteiger partial charge in [0, 0.05) is 31.7 Å².